The van der Waals surface area contributed by atoms with E-state index in [2.05, 4.69) is 20.4 Å². The Morgan fingerprint density at radius 2 is 0.779 bits per heavy atom. The third-order valence-electron chi connectivity index (χ3n) is 11.6. The topological polar surface area (TPSA) is 140 Å². The van der Waals surface area contributed by atoms with Crippen LogP contribution < -0.4 is 18.9 Å². The molecule has 2 aliphatic rings. The van der Waals surface area contributed by atoms with Crippen molar-refractivity contribution >= 4 is 12.2 Å². The van der Waals surface area contributed by atoms with Gasteiger partial charge in [0.25, 0.3) is 0 Å². The van der Waals surface area contributed by atoms with Crippen molar-refractivity contribution in [1.82, 2.24) is 20.4 Å². The van der Waals surface area contributed by atoms with Crippen LogP contribution in [0.25, 0.3) is 58.0 Å². The van der Waals surface area contributed by atoms with Crippen LogP contribution in [0.4, 0.5) is 0 Å². The largest absolute Gasteiger partial charge is 0.496 e. The second-order valence-corrected chi connectivity index (χ2v) is 16.6. The molecular formula is C56H52N4O8. The summed E-state index contributed by atoms with van der Waals surface area (Å²) in [6, 6.07) is 39.2. The van der Waals surface area contributed by atoms with E-state index in [9.17, 15) is 0 Å². The second kappa shape index (κ2) is 20.0. The molecule has 12 nitrogen and oxygen atoms in total. The maximum Gasteiger partial charge on any atom is 0.248 e. The zero-order valence-corrected chi connectivity index (χ0v) is 39.2. The van der Waals surface area contributed by atoms with Crippen molar-refractivity contribution in [3.8, 4) is 80.3 Å². The molecule has 10 rings (SSSR count). The highest BCUT2D eigenvalue weighted by Crippen LogP contribution is 2.50. The predicted molar refractivity (Wildman–Crippen MR) is 262 cm³/mol. The number of aryl methyl sites for hydroxylation is 2. The van der Waals surface area contributed by atoms with Gasteiger partial charge in [0.15, 0.2) is 0 Å². The molecule has 2 fully saturated rings. The normalized spacial score (nSPS) is 17.2. The molecule has 68 heavy (non-hydrogen) atoms. The van der Waals surface area contributed by atoms with Gasteiger partial charge in [-0.25, -0.2) is 0 Å². The Morgan fingerprint density at radius 1 is 0.441 bits per heavy atom. The highest BCUT2D eigenvalue weighted by Gasteiger charge is 2.42. The van der Waals surface area contributed by atoms with Crippen LogP contribution in [0.3, 0.4) is 0 Å². The fourth-order valence-corrected chi connectivity index (χ4v) is 7.69. The van der Waals surface area contributed by atoms with Crippen LogP contribution in [0.1, 0.15) is 73.3 Å². The average molecular weight is 909 g/mol. The number of nitrogens with zero attached hydrogens (tertiary/aromatic N) is 4. The third kappa shape index (κ3) is 10.3. The van der Waals surface area contributed by atoms with Crippen LogP contribution in [-0.4, -0.2) is 46.8 Å². The summed E-state index contributed by atoms with van der Waals surface area (Å²) < 4.78 is 47.0. The molecule has 12 heteroatoms. The summed E-state index contributed by atoms with van der Waals surface area (Å²) in [4.78, 5) is 0. The Hall–Kier alpha value is -7.80. The first-order chi connectivity index (χ1) is 33.1. The number of allylic oxidation sites excluding steroid dienone is 2. The van der Waals surface area contributed by atoms with Gasteiger partial charge in [-0.15, -0.1) is 20.4 Å². The lowest BCUT2D eigenvalue weighted by Gasteiger charge is -2.15. The lowest BCUT2D eigenvalue weighted by molar-refractivity contribution is 0.361. The van der Waals surface area contributed by atoms with E-state index in [1.54, 1.807) is 14.2 Å². The fourth-order valence-electron chi connectivity index (χ4n) is 7.69. The molecule has 0 amide bonds. The molecular weight excluding hydrogens is 857 g/mol. The van der Waals surface area contributed by atoms with Crippen LogP contribution in [0.2, 0.25) is 0 Å². The maximum absolute atomic E-state index is 6.33. The molecule has 2 aromatic heterocycles. The molecule has 0 bridgehead atoms. The van der Waals surface area contributed by atoms with Crippen LogP contribution in [0.5, 0.6) is 34.5 Å². The SMILES string of the molecule is C/C=C/c1cc(Oc2ccc(-c3nnc(-c4ccc(C)cc4)o3)cc2)c(/C=C/C)cc1OC.COc1cc(C2OC2C)c(Oc2ccc(-c3nnc(-c4ccc(C)cc4)o3)cc2)cc1C1OC1C. The van der Waals surface area contributed by atoms with Crippen molar-refractivity contribution in [2.45, 2.75) is 66.0 Å². The van der Waals surface area contributed by atoms with Crippen LogP contribution in [-0.2, 0) is 9.47 Å². The number of benzene rings is 6. The van der Waals surface area contributed by atoms with E-state index in [-0.39, 0.29) is 24.4 Å². The van der Waals surface area contributed by atoms with Gasteiger partial charge < -0.3 is 37.3 Å². The van der Waals surface area contributed by atoms with Gasteiger partial charge in [-0.2, -0.15) is 0 Å². The standard InChI is InChI=1S/C28H26N2O5.C28H26N2O3/c1-15-5-7-18(8-6-15)27-29-30-28(35-27)19-9-11-20(12-10-19)34-24-14-21(25-16(2)32-25)23(31-4)13-22(24)26-17(3)33-26;1-5-7-22-18-26(23(8-6-2)17-25(22)31-4)32-24-15-13-21(14-16-24)28-30-29-27(33-28)20-11-9-19(3)10-12-20/h5-14,16-17,25-26H,1-4H3;5-18H,1-4H3/b;7-5+,8-6+. The summed E-state index contributed by atoms with van der Waals surface area (Å²) in [6.07, 6.45) is 8.25. The number of ether oxygens (including phenoxy) is 6. The number of aromatic nitrogens is 4. The lowest BCUT2D eigenvalue weighted by Crippen LogP contribution is -1.99. The van der Waals surface area contributed by atoms with Crippen LogP contribution in [0.15, 0.2) is 142 Å². The van der Waals surface area contributed by atoms with E-state index < -0.39 is 0 Å². The minimum Gasteiger partial charge on any atom is -0.496 e. The van der Waals surface area contributed by atoms with Gasteiger partial charge in [0, 0.05) is 44.5 Å². The molecule has 0 aliphatic carbocycles. The molecule has 4 atom stereocenters. The van der Waals surface area contributed by atoms with Crippen molar-refractivity contribution in [2.24, 2.45) is 0 Å². The monoisotopic (exact) mass is 908 g/mol. The molecule has 4 heterocycles. The number of hydrogen-bond donors (Lipinski definition) is 0. The van der Waals surface area contributed by atoms with Crippen molar-refractivity contribution < 1.29 is 37.3 Å². The van der Waals surface area contributed by atoms with Crippen molar-refractivity contribution in [3.63, 3.8) is 0 Å². The summed E-state index contributed by atoms with van der Waals surface area (Å²) in [7, 11) is 3.34. The first-order valence-electron chi connectivity index (χ1n) is 22.5. The minimum absolute atomic E-state index is 0.0108. The van der Waals surface area contributed by atoms with Crippen molar-refractivity contribution in [1.29, 1.82) is 0 Å². The maximum atomic E-state index is 6.33. The fraction of sp³-hybridized carbons (Fsp3) is 0.214. The predicted octanol–water partition coefficient (Wildman–Crippen LogP) is 14.0. The van der Waals surface area contributed by atoms with Crippen molar-refractivity contribution in [3.05, 3.63) is 167 Å². The molecule has 8 aromatic rings. The molecule has 344 valence electrons. The first-order valence-corrected chi connectivity index (χ1v) is 22.5. The molecule has 0 spiro atoms. The minimum atomic E-state index is -0.0108. The molecule has 0 radical (unpaired) electrons. The van der Waals surface area contributed by atoms with E-state index in [4.69, 9.17) is 37.3 Å². The summed E-state index contributed by atoms with van der Waals surface area (Å²) in [5.41, 5.74) is 9.63. The second-order valence-electron chi connectivity index (χ2n) is 16.6. The Labute approximate surface area is 395 Å². The molecule has 2 saturated heterocycles. The molecule has 0 N–H and O–H groups in total. The number of methoxy groups -OCH3 is 2. The van der Waals surface area contributed by atoms with Gasteiger partial charge in [-0.1, -0.05) is 59.7 Å². The van der Waals surface area contributed by atoms with Gasteiger partial charge in [0.05, 0.1) is 26.4 Å². The summed E-state index contributed by atoms with van der Waals surface area (Å²) in [6.45, 7) is 12.1. The lowest BCUT2D eigenvalue weighted by atomic mass is 10.0. The van der Waals surface area contributed by atoms with Gasteiger partial charge in [-0.05, 0) is 139 Å². The zero-order valence-electron chi connectivity index (χ0n) is 39.2. The van der Waals surface area contributed by atoms with Crippen LogP contribution >= 0.6 is 0 Å². The summed E-state index contributed by atoms with van der Waals surface area (Å²) in [5, 5.41) is 16.8. The Morgan fingerprint density at radius 3 is 1.16 bits per heavy atom. The van der Waals surface area contributed by atoms with Gasteiger partial charge >= 0.3 is 0 Å². The number of rotatable bonds is 14. The highest BCUT2D eigenvalue weighted by molar-refractivity contribution is 5.69. The third-order valence-corrected chi connectivity index (χ3v) is 11.6. The van der Waals surface area contributed by atoms with E-state index in [1.165, 1.54) is 11.1 Å². The van der Waals surface area contributed by atoms with E-state index in [0.717, 1.165) is 67.5 Å². The summed E-state index contributed by atoms with van der Waals surface area (Å²) in [5.74, 6) is 6.39. The zero-order chi connectivity index (χ0) is 47.3. The quantitative estimate of drug-likeness (QED) is 0.0959. The van der Waals surface area contributed by atoms with E-state index in [1.807, 2.05) is 187 Å². The highest BCUT2D eigenvalue weighted by atomic mass is 16.6. The molecule has 4 unspecified atom stereocenters. The number of hydrogen-bond acceptors (Lipinski definition) is 12. The Balaban J connectivity index is 0.000000170. The average Bonchev–Trinajstić information content (AvgIpc) is 4.09. The summed E-state index contributed by atoms with van der Waals surface area (Å²) >= 11 is 0. The smallest absolute Gasteiger partial charge is 0.248 e. The van der Waals surface area contributed by atoms with Gasteiger partial charge in [-0.3, -0.25) is 0 Å². The van der Waals surface area contributed by atoms with Gasteiger partial charge in [0.1, 0.15) is 46.7 Å². The van der Waals surface area contributed by atoms with E-state index >= 15 is 0 Å². The first kappa shape index (κ1) is 45.4. The molecule has 6 aromatic carbocycles. The van der Waals surface area contributed by atoms with Gasteiger partial charge in [0.2, 0.25) is 23.6 Å². The van der Waals surface area contributed by atoms with E-state index in [0.29, 0.717) is 35.1 Å². The molecule has 0 saturated carbocycles. The Bertz CT molecular complexity index is 3070. The Kier molecular flexibility index (Phi) is 13.3. The molecule has 2 aliphatic heterocycles. The van der Waals surface area contributed by atoms with Crippen molar-refractivity contribution in [2.75, 3.05) is 14.2 Å². The van der Waals surface area contributed by atoms with Crippen LogP contribution in [0, 0.1) is 13.8 Å². The number of epoxide rings is 2.